The molecule has 0 amide bonds. The Morgan fingerprint density at radius 1 is 0.341 bits per heavy atom. The number of benzene rings is 6. The van der Waals surface area contributed by atoms with Gasteiger partial charge in [0.2, 0.25) is 0 Å². The first-order valence-electron chi connectivity index (χ1n) is 14.2. The number of anilines is 6. The number of hydrogen-bond acceptors (Lipinski definition) is 2. The Balaban J connectivity index is 1.25. The van der Waals surface area contributed by atoms with Gasteiger partial charge in [-0.25, -0.2) is 0 Å². The van der Waals surface area contributed by atoms with E-state index in [-0.39, 0.29) is 0 Å². The first-order valence-corrected chi connectivity index (χ1v) is 14.2. The maximum Gasteiger partial charge on any atom is 0.0464 e. The number of aryl methyl sites for hydroxylation is 2. The zero-order chi connectivity index (χ0) is 28.0. The lowest BCUT2D eigenvalue weighted by molar-refractivity contribution is 1.18. The highest BCUT2D eigenvalue weighted by Gasteiger charge is 2.14. The Labute approximate surface area is 243 Å². The van der Waals surface area contributed by atoms with E-state index >= 15 is 0 Å². The summed E-state index contributed by atoms with van der Waals surface area (Å²) in [6.07, 6.45) is 0.881. The minimum Gasteiger partial charge on any atom is -0.310 e. The molecular weight excluding hydrogens is 496 g/mol. The molecule has 0 aromatic heterocycles. The molecule has 200 valence electrons. The van der Waals surface area contributed by atoms with Crippen molar-refractivity contribution in [3.63, 3.8) is 0 Å². The fourth-order valence-corrected chi connectivity index (χ4v) is 5.34. The second kappa shape index (κ2) is 12.0. The summed E-state index contributed by atoms with van der Waals surface area (Å²) in [6, 6.07) is 56.4. The number of para-hydroxylation sites is 2. The number of hydrogen-bond donors (Lipinski definition) is 0. The highest BCUT2D eigenvalue weighted by Crippen LogP contribution is 2.36. The van der Waals surface area contributed by atoms with Crippen LogP contribution >= 0.6 is 0 Å². The second-order valence-corrected chi connectivity index (χ2v) is 10.5. The molecule has 2 heteroatoms. The smallest absolute Gasteiger partial charge is 0.0464 e. The van der Waals surface area contributed by atoms with Gasteiger partial charge in [-0.1, -0.05) is 84.9 Å². The van der Waals surface area contributed by atoms with Gasteiger partial charge in [0.05, 0.1) is 0 Å². The van der Waals surface area contributed by atoms with Gasteiger partial charge in [0, 0.05) is 34.1 Å². The van der Waals surface area contributed by atoms with Crippen molar-refractivity contribution in [2.75, 3.05) is 9.80 Å². The fraction of sp³-hybridized carbons (Fsp3) is 0.0769. The molecule has 0 aliphatic carbocycles. The molecule has 41 heavy (non-hydrogen) atoms. The summed E-state index contributed by atoms with van der Waals surface area (Å²) in [5.74, 6) is 0. The molecule has 0 N–H and O–H groups in total. The lowest BCUT2D eigenvalue weighted by Gasteiger charge is -2.26. The largest absolute Gasteiger partial charge is 0.310 e. The molecule has 0 spiro atoms. The Morgan fingerprint density at radius 3 is 1.05 bits per heavy atom. The van der Waals surface area contributed by atoms with Gasteiger partial charge in [-0.2, -0.15) is 0 Å². The summed E-state index contributed by atoms with van der Waals surface area (Å²) in [5, 5.41) is 0. The first kappa shape index (κ1) is 26.2. The Kier molecular flexibility index (Phi) is 7.64. The number of nitrogens with zero attached hydrogens (tertiary/aromatic N) is 2. The lowest BCUT2D eigenvalue weighted by atomic mass is 10.0. The van der Waals surface area contributed by atoms with Crippen LogP contribution in [0.5, 0.6) is 0 Å². The van der Waals surface area contributed by atoms with Crippen LogP contribution in [0.1, 0.15) is 22.3 Å². The van der Waals surface area contributed by atoms with E-state index in [4.69, 9.17) is 0 Å². The zero-order valence-electron chi connectivity index (χ0n) is 23.6. The van der Waals surface area contributed by atoms with Crippen molar-refractivity contribution in [2.45, 2.75) is 20.3 Å². The van der Waals surface area contributed by atoms with E-state index < -0.39 is 0 Å². The Hall–Kier alpha value is -5.08. The molecule has 0 bridgehead atoms. The third-order valence-electron chi connectivity index (χ3n) is 7.35. The lowest BCUT2D eigenvalue weighted by Crippen LogP contribution is -2.10. The Bertz CT molecular complexity index is 1580. The van der Waals surface area contributed by atoms with Crippen LogP contribution in [0.25, 0.3) is 0 Å². The van der Waals surface area contributed by atoms with E-state index in [2.05, 4.69) is 181 Å². The van der Waals surface area contributed by atoms with Gasteiger partial charge in [-0.05, 0) is 115 Å². The minimum atomic E-state index is 0.881. The SMILES string of the molecule is Cc1cccc(N(c2ccccc2)c2ccc(Cc3ccc(N(c4ccccc4)c4cccc(C)c4)cc3)cc2)c1. The molecule has 0 atom stereocenters. The van der Waals surface area contributed by atoms with E-state index in [9.17, 15) is 0 Å². The predicted molar refractivity (Wildman–Crippen MR) is 175 cm³/mol. The van der Waals surface area contributed by atoms with Crippen molar-refractivity contribution in [3.05, 3.63) is 180 Å². The molecule has 6 aromatic rings. The third kappa shape index (κ3) is 6.08. The van der Waals surface area contributed by atoms with Crippen LogP contribution in [0.15, 0.2) is 158 Å². The molecular formula is C39H34N2. The van der Waals surface area contributed by atoms with Gasteiger partial charge in [0.25, 0.3) is 0 Å². The molecule has 6 rings (SSSR count). The second-order valence-electron chi connectivity index (χ2n) is 10.5. The van der Waals surface area contributed by atoms with Gasteiger partial charge in [-0.15, -0.1) is 0 Å². The summed E-state index contributed by atoms with van der Waals surface area (Å²) in [4.78, 5) is 4.63. The van der Waals surface area contributed by atoms with Crippen LogP contribution in [0.4, 0.5) is 34.1 Å². The van der Waals surface area contributed by atoms with Crippen molar-refractivity contribution in [2.24, 2.45) is 0 Å². The van der Waals surface area contributed by atoms with Crippen molar-refractivity contribution in [1.82, 2.24) is 0 Å². The van der Waals surface area contributed by atoms with Crippen LogP contribution in [0, 0.1) is 13.8 Å². The predicted octanol–water partition coefficient (Wildman–Crippen LogP) is 10.8. The summed E-state index contributed by atoms with van der Waals surface area (Å²) in [7, 11) is 0. The van der Waals surface area contributed by atoms with Gasteiger partial charge >= 0.3 is 0 Å². The summed E-state index contributed by atoms with van der Waals surface area (Å²) in [5.41, 5.74) is 12.0. The third-order valence-corrected chi connectivity index (χ3v) is 7.35. The monoisotopic (exact) mass is 530 g/mol. The van der Waals surface area contributed by atoms with Crippen LogP contribution in [-0.4, -0.2) is 0 Å². The van der Waals surface area contributed by atoms with E-state index in [1.807, 2.05) is 0 Å². The molecule has 0 aliphatic rings. The van der Waals surface area contributed by atoms with Crippen molar-refractivity contribution >= 4 is 34.1 Å². The van der Waals surface area contributed by atoms with E-state index in [1.54, 1.807) is 0 Å². The van der Waals surface area contributed by atoms with Crippen LogP contribution in [0.3, 0.4) is 0 Å². The molecule has 0 fully saturated rings. The molecule has 0 aliphatic heterocycles. The van der Waals surface area contributed by atoms with Crippen molar-refractivity contribution in [3.8, 4) is 0 Å². The first-order chi connectivity index (χ1) is 20.1. The van der Waals surface area contributed by atoms with E-state index in [0.717, 1.165) is 40.5 Å². The van der Waals surface area contributed by atoms with Gasteiger partial charge in [0.15, 0.2) is 0 Å². The van der Waals surface area contributed by atoms with Gasteiger partial charge in [0.1, 0.15) is 0 Å². The summed E-state index contributed by atoms with van der Waals surface area (Å²) >= 11 is 0. The van der Waals surface area contributed by atoms with Gasteiger partial charge < -0.3 is 9.80 Å². The highest BCUT2D eigenvalue weighted by molar-refractivity contribution is 5.78. The maximum absolute atomic E-state index is 2.31. The standard InChI is InChI=1S/C39H34N2/c1-30-11-9-17-38(27-30)40(34-13-5-3-6-14-34)36-23-19-32(20-24-36)29-33-21-25-37(26-22-33)41(35-15-7-4-8-16-35)39-18-10-12-31(2)28-39/h3-28H,29H2,1-2H3. The highest BCUT2D eigenvalue weighted by atomic mass is 15.1. The quantitative estimate of drug-likeness (QED) is 0.193. The molecule has 0 saturated carbocycles. The van der Waals surface area contributed by atoms with Crippen LogP contribution < -0.4 is 9.80 Å². The van der Waals surface area contributed by atoms with Crippen molar-refractivity contribution in [1.29, 1.82) is 0 Å². The minimum absolute atomic E-state index is 0.881. The van der Waals surface area contributed by atoms with Crippen molar-refractivity contribution < 1.29 is 0 Å². The molecule has 0 radical (unpaired) electrons. The fourth-order valence-electron chi connectivity index (χ4n) is 5.34. The van der Waals surface area contributed by atoms with E-state index in [0.29, 0.717) is 0 Å². The van der Waals surface area contributed by atoms with Gasteiger partial charge in [-0.3, -0.25) is 0 Å². The zero-order valence-corrected chi connectivity index (χ0v) is 23.6. The van der Waals surface area contributed by atoms with Crippen LogP contribution in [0.2, 0.25) is 0 Å². The molecule has 0 saturated heterocycles. The summed E-state index contributed by atoms with van der Waals surface area (Å²) < 4.78 is 0. The topological polar surface area (TPSA) is 6.48 Å². The molecule has 0 heterocycles. The van der Waals surface area contributed by atoms with Crippen LogP contribution in [-0.2, 0) is 6.42 Å². The Morgan fingerprint density at radius 2 is 0.683 bits per heavy atom. The number of rotatable bonds is 8. The average molecular weight is 531 g/mol. The maximum atomic E-state index is 2.31. The molecule has 0 unspecified atom stereocenters. The normalized spacial score (nSPS) is 10.8. The molecule has 2 nitrogen and oxygen atoms in total. The van der Waals surface area contributed by atoms with E-state index in [1.165, 1.54) is 22.3 Å². The summed E-state index contributed by atoms with van der Waals surface area (Å²) in [6.45, 7) is 4.28. The average Bonchev–Trinajstić information content (AvgIpc) is 3.00. The molecule has 6 aromatic carbocycles.